The highest BCUT2D eigenvalue weighted by Gasteiger charge is 2.12. The largest absolute Gasteiger partial charge is 0.493 e. The van der Waals surface area contributed by atoms with Crippen LogP contribution in [0.5, 0.6) is 34.5 Å². The molecule has 3 aromatic rings. The predicted molar refractivity (Wildman–Crippen MR) is 150 cm³/mol. The molecule has 7 heteroatoms. The van der Waals surface area contributed by atoms with Gasteiger partial charge in [-0.15, -0.1) is 0 Å². The maximum atomic E-state index is 6.03. The summed E-state index contributed by atoms with van der Waals surface area (Å²) >= 11 is 0. The molecule has 0 aliphatic carbocycles. The molecule has 3 aromatic carbocycles. The second kappa shape index (κ2) is 15.2. The lowest BCUT2D eigenvalue weighted by Crippen LogP contribution is -1.99. The summed E-state index contributed by atoms with van der Waals surface area (Å²) in [6.45, 7) is 1.05. The van der Waals surface area contributed by atoms with Crippen molar-refractivity contribution >= 4 is 12.2 Å². The quantitative estimate of drug-likeness (QED) is 0.124. The number of benzene rings is 3. The number of hydrogen-bond donors (Lipinski definition) is 0. The second-order valence-electron chi connectivity index (χ2n) is 8.22. The molecule has 0 aliphatic rings. The molecule has 0 spiro atoms. The monoisotopic (exact) mass is 520 g/mol. The molecule has 202 valence electrons. The summed E-state index contributed by atoms with van der Waals surface area (Å²) < 4.78 is 38.8. The standard InChI is InChI=1S/C31H36O7/c1-32-22-25-11-7-8-12-26(25)37-17-9-6-10-18-38-28-19-23(15-16-27(28)33-2)13-14-24-20-29(34-3)31(36-5)30(21-24)35-4/h7-9,11-17,19-21H,6,10,18,22H2,1-5H3/b14-13-,17-9+. The minimum absolute atomic E-state index is 0.510. The number of methoxy groups -OCH3 is 5. The van der Waals surface area contributed by atoms with E-state index in [-0.39, 0.29) is 0 Å². The van der Waals surface area contributed by atoms with Crippen molar-refractivity contribution in [3.63, 3.8) is 0 Å². The molecule has 0 amide bonds. The zero-order valence-electron chi connectivity index (χ0n) is 22.7. The van der Waals surface area contributed by atoms with Crippen LogP contribution >= 0.6 is 0 Å². The highest BCUT2D eigenvalue weighted by Crippen LogP contribution is 2.38. The van der Waals surface area contributed by atoms with Crippen LogP contribution < -0.4 is 28.4 Å². The van der Waals surface area contributed by atoms with Crippen molar-refractivity contribution in [1.29, 1.82) is 0 Å². The zero-order chi connectivity index (χ0) is 27.2. The molecule has 0 heterocycles. The summed E-state index contributed by atoms with van der Waals surface area (Å²) in [6, 6.07) is 17.4. The fourth-order valence-electron chi connectivity index (χ4n) is 3.77. The first-order valence-corrected chi connectivity index (χ1v) is 12.3. The van der Waals surface area contributed by atoms with Crippen LogP contribution in [0.1, 0.15) is 29.5 Å². The molecule has 3 rings (SSSR count). The Morgan fingerprint density at radius 2 is 1.34 bits per heavy atom. The van der Waals surface area contributed by atoms with Crippen LogP contribution in [0.25, 0.3) is 12.2 Å². The highest BCUT2D eigenvalue weighted by atomic mass is 16.5. The van der Waals surface area contributed by atoms with Crippen LogP contribution in [0.15, 0.2) is 66.9 Å². The van der Waals surface area contributed by atoms with Gasteiger partial charge in [-0.25, -0.2) is 0 Å². The summed E-state index contributed by atoms with van der Waals surface area (Å²) in [5, 5.41) is 0. The summed E-state index contributed by atoms with van der Waals surface area (Å²) in [6.07, 6.45) is 9.31. The van der Waals surface area contributed by atoms with E-state index in [1.807, 2.05) is 72.8 Å². The first-order chi connectivity index (χ1) is 18.6. The lowest BCUT2D eigenvalue weighted by molar-refractivity contribution is 0.182. The van der Waals surface area contributed by atoms with E-state index in [2.05, 4.69) is 0 Å². The van der Waals surface area contributed by atoms with Crippen molar-refractivity contribution in [2.24, 2.45) is 0 Å². The van der Waals surface area contributed by atoms with Crippen molar-refractivity contribution in [1.82, 2.24) is 0 Å². The summed E-state index contributed by atoms with van der Waals surface area (Å²) in [5.74, 6) is 3.93. The van der Waals surface area contributed by atoms with Crippen LogP contribution in [-0.2, 0) is 11.3 Å². The van der Waals surface area contributed by atoms with Gasteiger partial charge in [-0.3, -0.25) is 0 Å². The Hall–Kier alpha value is -4.10. The minimum Gasteiger partial charge on any atom is -0.493 e. The Kier molecular flexibility index (Phi) is 11.4. The molecule has 0 aromatic heterocycles. The molecule has 0 fully saturated rings. The number of rotatable bonds is 15. The van der Waals surface area contributed by atoms with Gasteiger partial charge in [-0.05, 0) is 60.4 Å². The molecule has 0 bridgehead atoms. The highest BCUT2D eigenvalue weighted by molar-refractivity contribution is 5.73. The van der Waals surface area contributed by atoms with Gasteiger partial charge in [0.2, 0.25) is 5.75 Å². The maximum Gasteiger partial charge on any atom is 0.203 e. The lowest BCUT2D eigenvalue weighted by atomic mass is 10.1. The zero-order valence-corrected chi connectivity index (χ0v) is 22.7. The molecule has 0 aliphatic heterocycles. The number of ether oxygens (including phenoxy) is 7. The van der Waals surface area contributed by atoms with Crippen LogP contribution in [0, 0.1) is 0 Å². The van der Waals surface area contributed by atoms with Gasteiger partial charge in [0.25, 0.3) is 0 Å². The summed E-state index contributed by atoms with van der Waals surface area (Å²) in [7, 11) is 8.09. The van der Waals surface area contributed by atoms with E-state index >= 15 is 0 Å². The molecule has 0 unspecified atom stereocenters. The van der Waals surface area contributed by atoms with Gasteiger partial charge in [0, 0.05) is 12.7 Å². The van der Waals surface area contributed by atoms with E-state index in [1.165, 1.54) is 0 Å². The van der Waals surface area contributed by atoms with E-state index in [0.29, 0.717) is 42.0 Å². The second-order valence-corrected chi connectivity index (χ2v) is 8.22. The van der Waals surface area contributed by atoms with Crippen molar-refractivity contribution in [2.75, 3.05) is 42.2 Å². The van der Waals surface area contributed by atoms with Crippen molar-refractivity contribution in [3.05, 3.63) is 83.6 Å². The first-order valence-electron chi connectivity index (χ1n) is 12.3. The van der Waals surface area contributed by atoms with E-state index in [9.17, 15) is 0 Å². The van der Waals surface area contributed by atoms with Gasteiger partial charge in [0.15, 0.2) is 23.0 Å². The SMILES string of the molecule is COCc1ccccc1O/C=C/CCCOc1cc(/C=C\c2cc(OC)c(OC)c(OC)c2)ccc1OC. The van der Waals surface area contributed by atoms with Gasteiger partial charge in [-0.1, -0.05) is 36.4 Å². The van der Waals surface area contributed by atoms with Gasteiger partial charge in [0.1, 0.15) is 5.75 Å². The van der Waals surface area contributed by atoms with Crippen molar-refractivity contribution < 1.29 is 33.2 Å². The molecule has 0 N–H and O–H groups in total. The van der Waals surface area contributed by atoms with Gasteiger partial charge in [-0.2, -0.15) is 0 Å². The number of allylic oxidation sites excluding steroid dienone is 1. The normalized spacial score (nSPS) is 11.1. The maximum absolute atomic E-state index is 6.03. The molecule has 0 atom stereocenters. The Bertz CT molecular complexity index is 1190. The van der Waals surface area contributed by atoms with Crippen LogP contribution in [0.4, 0.5) is 0 Å². The third kappa shape index (κ3) is 7.95. The van der Waals surface area contributed by atoms with Crippen LogP contribution in [-0.4, -0.2) is 42.2 Å². The number of unbranched alkanes of at least 4 members (excludes halogenated alkanes) is 1. The smallest absolute Gasteiger partial charge is 0.203 e. The molecule has 0 saturated carbocycles. The number of para-hydroxylation sites is 1. The molecule has 0 saturated heterocycles. The first kappa shape index (κ1) is 28.5. The Labute approximate surface area is 225 Å². The summed E-state index contributed by atoms with van der Waals surface area (Å²) in [4.78, 5) is 0. The van der Waals surface area contributed by atoms with Gasteiger partial charge >= 0.3 is 0 Å². The fourth-order valence-corrected chi connectivity index (χ4v) is 3.77. The average Bonchev–Trinajstić information content (AvgIpc) is 2.95. The van der Waals surface area contributed by atoms with Crippen LogP contribution in [0.3, 0.4) is 0 Å². The minimum atomic E-state index is 0.510. The topological polar surface area (TPSA) is 64.6 Å². The molecule has 7 nitrogen and oxygen atoms in total. The Morgan fingerprint density at radius 3 is 2.03 bits per heavy atom. The molecular formula is C31H36O7. The van der Waals surface area contributed by atoms with E-state index in [4.69, 9.17) is 33.2 Å². The fraction of sp³-hybridized carbons (Fsp3) is 0.290. The Balaban J connectivity index is 1.57. The Morgan fingerprint density at radius 1 is 0.658 bits per heavy atom. The van der Waals surface area contributed by atoms with E-state index in [1.54, 1.807) is 41.8 Å². The van der Waals surface area contributed by atoms with Gasteiger partial charge in [0.05, 0.1) is 47.9 Å². The van der Waals surface area contributed by atoms with Crippen LogP contribution in [0.2, 0.25) is 0 Å². The van der Waals surface area contributed by atoms with E-state index in [0.717, 1.165) is 35.3 Å². The van der Waals surface area contributed by atoms with Crippen molar-refractivity contribution in [2.45, 2.75) is 19.4 Å². The molecule has 38 heavy (non-hydrogen) atoms. The number of hydrogen-bond acceptors (Lipinski definition) is 7. The third-order valence-electron chi connectivity index (χ3n) is 5.68. The molecule has 0 radical (unpaired) electrons. The average molecular weight is 521 g/mol. The molecular weight excluding hydrogens is 484 g/mol. The predicted octanol–water partition coefficient (Wildman–Crippen LogP) is 6.79. The third-order valence-corrected chi connectivity index (χ3v) is 5.68. The lowest BCUT2D eigenvalue weighted by Gasteiger charge is -2.13. The van der Waals surface area contributed by atoms with Gasteiger partial charge < -0.3 is 33.2 Å². The van der Waals surface area contributed by atoms with Crippen molar-refractivity contribution in [3.8, 4) is 34.5 Å². The summed E-state index contributed by atoms with van der Waals surface area (Å²) in [5.41, 5.74) is 2.89. The van der Waals surface area contributed by atoms with E-state index < -0.39 is 0 Å².